The summed E-state index contributed by atoms with van der Waals surface area (Å²) in [7, 11) is 0. The zero-order valence-corrected chi connectivity index (χ0v) is 7.84. The van der Waals surface area contributed by atoms with Crippen molar-refractivity contribution in [3.8, 4) is 6.07 Å². The maximum Gasteiger partial charge on any atom is 0.287 e. The van der Waals surface area contributed by atoms with Crippen LogP contribution in [0.4, 0.5) is 5.69 Å². The molecule has 1 aromatic carbocycles. The predicted molar refractivity (Wildman–Crippen MR) is 51.7 cm³/mol. The lowest BCUT2D eigenvalue weighted by Crippen LogP contribution is -2.14. The highest BCUT2D eigenvalue weighted by atomic mass is 16.6. The minimum Gasteiger partial charge on any atom is -0.366 e. The number of hydrogen-bond acceptors (Lipinski definition) is 5. The first-order valence-electron chi connectivity index (χ1n) is 3.98. The summed E-state index contributed by atoms with van der Waals surface area (Å²) in [5.74, 6) is -0.923. The second kappa shape index (κ2) is 4.18. The van der Waals surface area contributed by atoms with Crippen molar-refractivity contribution in [2.24, 2.45) is 5.73 Å². The van der Waals surface area contributed by atoms with E-state index < -0.39 is 16.5 Å². The Labute approximate surface area is 89.2 Å². The van der Waals surface area contributed by atoms with Gasteiger partial charge in [-0.25, -0.2) is 0 Å². The predicted octanol–water partition coefficient (Wildman–Crippen LogP) is 0.378. The maximum atomic E-state index is 10.9. The number of amides is 1. The number of carbonyl (C=O) groups excluding carboxylic acids is 2. The molecule has 0 bridgehead atoms. The quantitative estimate of drug-likeness (QED) is 0.446. The Hall–Kier alpha value is -2.75. The number of hydrogen-bond donors (Lipinski definition) is 1. The average molecular weight is 219 g/mol. The summed E-state index contributed by atoms with van der Waals surface area (Å²) in [6, 6.07) is 3.35. The molecule has 0 heterocycles. The van der Waals surface area contributed by atoms with E-state index in [-0.39, 0.29) is 23.0 Å². The number of nitro groups is 1. The number of benzene rings is 1. The molecule has 2 N–H and O–H groups in total. The minimum absolute atomic E-state index is 0.210. The van der Waals surface area contributed by atoms with Gasteiger partial charge in [0.15, 0.2) is 6.29 Å². The van der Waals surface area contributed by atoms with E-state index in [1.165, 1.54) is 0 Å². The van der Waals surface area contributed by atoms with E-state index in [2.05, 4.69) is 0 Å². The molecular weight excluding hydrogens is 214 g/mol. The van der Waals surface area contributed by atoms with Crippen molar-refractivity contribution in [3.05, 3.63) is 38.9 Å². The Bertz CT molecular complexity index is 530. The van der Waals surface area contributed by atoms with E-state index in [9.17, 15) is 19.7 Å². The summed E-state index contributed by atoms with van der Waals surface area (Å²) < 4.78 is 0. The Balaban J connectivity index is 3.60. The molecule has 1 rings (SSSR count). The van der Waals surface area contributed by atoms with E-state index in [0.29, 0.717) is 0 Å². The van der Waals surface area contributed by atoms with Crippen LogP contribution in [0.25, 0.3) is 0 Å². The van der Waals surface area contributed by atoms with Crippen molar-refractivity contribution in [1.29, 1.82) is 5.26 Å². The molecule has 0 atom stereocenters. The van der Waals surface area contributed by atoms with Crippen LogP contribution < -0.4 is 5.73 Å². The number of nitro benzene ring substituents is 1. The molecule has 0 radical (unpaired) electrons. The number of nitrogens with two attached hydrogens (primary N) is 1. The standard InChI is InChI=1S/C9H5N3O4/c10-3-5-1-7(9(11)14)6(4-13)2-8(5)12(15)16/h1-2,4H,(H2,11,14). The van der Waals surface area contributed by atoms with E-state index >= 15 is 0 Å². The van der Waals surface area contributed by atoms with Gasteiger partial charge in [-0.05, 0) is 6.07 Å². The van der Waals surface area contributed by atoms with Gasteiger partial charge in [0.1, 0.15) is 11.6 Å². The monoisotopic (exact) mass is 219 g/mol. The molecule has 0 aliphatic carbocycles. The van der Waals surface area contributed by atoms with Gasteiger partial charge in [-0.2, -0.15) is 5.26 Å². The highest BCUT2D eigenvalue weighted by molar-refractivity contribution is 6.01. The summed E-state index contributed by atoms with van der Waals surface area (Å²) >= 11 is 0. The zero-order valence-electron chi connectivity index (χ0n) is 7.84. The second-order valence-electron chi connectivity index (χ2n) is 2.81. The van der Waals surface area contributed by atoms with Crippen molar-refractivity contribution >= 4 is 17.9 Å². The first-order valence-corrected chi connectivity index (χ1v) is 3.98. The zero-order chi connectivity index (χ0) is 12.3. The number of carbonyl (C=O) groups is 2. The molecule has 1 amide bonds. The summed E-state index contributed by atoms with van der Waals surface area (Å²) in [6.07, 6.45) is 0.272. The van der Waals surface area contributed by atoms with Crippen molar-refractivity contribution in [2.75, 3.05) is 0 Å². The molecule has 0 aliphatic heterocycles. The normalized spacial score (nSPS) is 9.19. The van der Waals surface area contributed by atoms with Gasteiger partial charge in [-0.15, -0.1) is 0 Å². The third-order valence-corrected chi connectivity index (χ3v) is 1.88. The Kier molecular flexibility index (Phi) is 2.96. The molecule has 0 saturated carbocycles. The molecule has 16 heavy (non-hydrogen) atoms. The SMILES string of the molecule is N#Cc1cc(C(N)=O)c(C=O)cc1[N+](=O)[O-]. The molecule has 0 aliphatic rings. The lowest BCUT2D eigenvalue weighted by molar-refractivity contribution is -0.385. The van der Waals surface area contributed by atoms with Crippen LogP contribution in [0.15, 0.2) is 12.1 Å². The molecule has 7 heteroatoms. The van der Waals surface area contributed by atoms with Crippen molar-refractivity contribution in [1.82, 2.24) is 0 Å². The van der Waals surface area contributed by atoms with Crippen molar-refractivity contribution in [3.63, 3.8) is 0 Å². The first kappa shape index (κ1) is 11.3. The van der Waals surface area contributed by atoms with Crippen molar-refractivity contribution < 1.29 is 14.5 Å². The molecule has 0 aromatic heterocycles. The summed E-state index contributed by atoms with van der Waals surface area (Å²) in [5.41, 5.74) is 3.69. The summed E-state index contributed by atoms with van der Waals surface area (Å²) in [5, 5.41) is 19.2. The number of aldehydes is 1. The smallest absolute Gasteiger partial charge is 0.287 e. The molecule has 80 valence electrons. The summed E-state index contributed by atoms with van der Waals surface area (Å²) in [4.78, 5) is 31.3. The van der Waals surface area contributed by atoms with Gasteiger partial charge in [-0.1, -0.05) is 0 Å². The van der Waals surface area contributed by atoms with Crippen LogP contribution >= 0.6 is 0 Å². The van der Waals surface area contributed by atoms with Crippen LogP contribution in [0.1, 0.15) is 26.3 Å². The highest BCUT2D eigenvalue weighted by Crippen LogP contribution is 2.22. The largest absolute Gasteiger partial charge is 0.366 e. The van der Waals surface area contributed by atoms with Gasteiger partial charge in [0.2, 0.25) is 5.91 Å². The molecule has 0 unspecified atom stereocenters. The minimum atomic E-state index is -0.923. The summed E-state index contributed by atoms with van der Waals surface area (Å²) in [6.45, 7) is 0. The number of primary amides is 1. The van der Waals surface area contributed by atoms with Gasteiger partial charge >= 0.3 is 0 Å². The first-order chi connectivity index (χ1) is 7.51. The van der Waals surface area contributed by atoms with E-state index in [1.54, 1.807) is 6.07 Å². The fourth-order valence-corrected chi connectivity index (χ4v) is 1.16. The topological polar surface area (TPSA) is 127 Å². The van der Waals surface area contributed by atoms with Crippen LogP contribution in [0.2, 0.25) is 0 Å². The molecule has 0 fully saturated rings. The van der Waals surface area contributed by atoms with E-state index in [4.69, 9.17) is 11.0 Å². The lowest BCUT2D eigenvalue weighted by atomic mass is 10.0. The Morgan fingerprint density at radius 2 is 2.19 bits per heavy atom. The van der Waals surface area contributed by atoms with Crippen LogP contribution in [0, 0.1) is 21.4 Å². The highest BCUT2D eigenvalue weighted by Gasteiger charge is 2.19. The van der Waals surface area contributed by atoms with Gasteiger partial charge in [0, 0.05) is 11.6 Å². The van der Waals surface area contributed by atoms with Crippen molar-refractivity contribution in [2.45, 2.75) is 0 Å². The van der Waals surface area contributed by atoms with Crippen LogP contribution in [-0.4, -0.2) is 17.1 Å². The Morgan fingerprint density at radius 3 is 2.56 bits per heavy atom. The third kappa shape index (κ3) is 1.85. The van der Waals surface area contributed by atoms with Gasteiger partial charge in [0.05, 0.1) is 10.5 Å². The number of nitrogens with zero attached hydrogens (tertiary/aromatic N) is 2. The van der Waals surface area contributed by atoms with Gasteiger partial charge in [-0.3, -0.25) is 19.7 Å². The van der Waals surface area contributed by atoms with Crippen LogP contribution in [0.5, 0.6) is 0 Å². The molecular formula is C9H5N3O4. The second-order valence-corrected chi connectivity index (χ2v) is 2.81. The van der Waals surface area contributed by atoms with Gasteiger partial charge in [0.25, 0.3) is 5.69 Å². The lowest BCUT2D eigenvalue weighted by Gasteiger charge is -2.01. The number of nitriles is 1. The van der Waals surface area contributed by atoms with Crippen LogP contribution in [-0.2, 0) is 0 Å². The molecule has 7 nitrogen and oxygen atoms in total. The molecule has 1 aromatic rings. The Morgan fingerprint density at radius 1 is 1.56 bits per heavy atom. The third-order valence-electron chi connectivity index (χ3n) is 1.88. The van der Waals surface area contributed by atoms with E-state index in [1.807, 2.05) is 0 Å². The molecule has 0 spiro atoms. The van der Waals surface area contributed by atoms with E-state index in [0.717, 1.165) is 12.1 Å². The fourth-order valence-electron chi connectivity index (χ4n) is 1.16. The molecule has 0 saturated heterocycles. The average Bonchev–Trinajstić information content (AvgIpc) is 2.26. The fraction of sp³-hybridized carbons (Fsp3) is 0. The van der Waals surface area contributed by atoms with Crippen LogP contribution in [0.3, 0.4) is 0 Å². The van der Waals surface area contributed by atoms with Gasteiger partial charge < -0.3 is 5.73 Å². The maximum absolute atomic E-state index is 10.9. The number of rotatable bonds is 3.